The Morgan fingerprint density at radius 2 is 2.12 bits per heavy atom. The molecule has 0 aromatic carbocycles. The molecule has 0 saturated carbocycles. The van der Waals surface area contributed by atoms with Crippen LogP contribution in [-0.4, -0.2) is 22.6 Å². The van der Waals surface area contributed by atoms with Crippen LogP contribution in [0.4, 0.5) is 0 Å². The quantitative estimate of drug-likeness (QED) is 0.867. The van der Waals surface area contributed by atoms with Crippen LogP contribution in [0.1, 0.15) is 44.5 Å². The van der Waals surface area contributed by atoms with Gasteiger partial charge in [-0.25, -0.2) is 9.97 Å². The second-order valence-corrected chi connectivity index (χ2v) is 5.08. The van der Waals surface area contributed by atoms with Gasteiger partial charge in [-0.3, -0.25) is 0 Å². The van der Waals surface area contributed by atoms with Crippen LogP contribution < -0.4 is 5.32 Å². The summed E-state index contributed by atoms with van der Waals surface area (Å²) in [5.74, 6) is 1.78. The van der Waals surface area contributed by atoms with Crippen molar-refractivity contribution in [2.75, 3.05) is 6.54 Å². The molecule has 0 radical (unpaired) electrons. The lowest BCUT2D eigenvalue weighted by Gasteiger charge is -2.29. The SMILES string of the molecule is CCc1cnc(CC[C@H]2NCCC[C@H]2C)nc1. The minimum Gasteiger partial charge on any atom is -0.314 e. The molecule has 3 nitrogen and oxygen atoms in total. The van der Waals surface area contributed by atoms with E-state index in [0.29, 0.717) is 6.04 Å². The minimum absolute atomic E-state index is 0.651. The Balaban J connectivity index is 1.84. The molecule has 1 aliphatic rings. The monoisotopic (exact) mass is 233 g/mol. The van der Waals surface area contributed by atoms with Gasteiger partial charge in [-0.1, -0.05) is 13.8 Å². The zero-order valence-electron chi connectivity index (χ0n) is 10.9. The van der Waals surface area contributed by atoms with Gasteiger partial charge in [0, 0.05) is 24.9 Å². The number of aromatic nitrogens is 2. The van der Waals surface area contributed by atoms with E-state index in [1.54, 1.807) is 0 Å². The zero-order valence-corrected chi connectivity index (χ0v) is 10.9. The fourth-order valence-corrected chi connectivity index (χ4v) is 2.48. The van der Waals surface area contributed by atoms with Crippen molar-refractivity contribution in [3.8, 4) is 0 Å². The van der Waals surface area contributed by atoms with Crippen LogP contribution in [0.25, 0.3) is 0 Å². The van der Waals surface area contributed by atoms with E-state index in [2.05, 4.69) is 29.1 Å². The average molecular weight is 233 g/mol. The Kier molecular flexibility index (Phi) is 4.49. The number of nitrogens with zero attached hydrogens (tertiary/aromatic N) is 2. The summed E-state index contributed by atoms with van der Waals surface area (Å²) in [6, 6.07) is 0.651. The number of nitrogens with one attached hydrogen (secondary N) is 1. The summed E-state index contributed by atoms with van der Waals surface area (Å²) in [7, 11) is 0. The summed E-state index contributed by atoms with van der Waals surface area (Å²) in [5.41, 5.74) is 1.22. The van der Waals surface area contributed by atoms with Crippen LogP contribution in [0.15, 0.2) is 12.4 Å². The van der Waals surface area contributed by atoms with Crippen molar-refractivity contribution in [3.05, 3.63) is 23.8 Å². The normalized spacial score (nSPS) is 24.8. The van der Waals surface area contributed by atoms with Gasteiger partial charge in [0.15, 0.2) is 0 Å². The van der Waals surface area contributed by atoms with Crippen molar-refractivity contribution in [2.45, 2.75) is 52.0 Å². The molecule has 3 heteroatoms. The highest BCUT2D eigenvalue weighted by Gasteiger charge is 2.20. The van der Waals surface area contributed by atoms with Gasteiger partial charge in [0.05, 0.1) is 0 Å². The van der Waals surface area contributed by atoms with Crippen LogP contribution in [0.2, 0.25) is 0 Å². The zero-order chi connectivity index (χ0) is 12.1. The molecule has 1 aromatic rings. The predicted octanol–water partition coefficient (Wildman–Crippen LogP) is 2.36. The van der Waals surface area contributed by atoms with E-state index >= 15 is 0 Å². The smallest absolute Gasteiger partial charge is 0.128 e. The van der Waals surface area contributed by atoms with Gasteiger partial charge in [0.1, 0.15) is 5.82 Å². The first-order chi connectivity index (χ1) is 8.29. The van der Waals surface area contributed by atoms with E-state index in [1.165, 1.54) is 24.9 Å². The summed E-state index contributed by atoms with van der Waals surface area (Å²) < 4.78 is 0. The second-order valence-electron chi connectivity index (χ2n) is 5.08. The molecule has 2 heterocycles. The topological polar surface area (TPSA) is 37.8 Å². The summed E-state index contributed by atoms with van der Waals surface area (Å²) in [6.45, 7) is 5.65. The number of piperidine rings is 1. The minimum atomic E-state index is 0.651. The number of rotatable bonds is 4. The molecule has 1 saturated heterocycles. The fourth-order valence-electron chi connectivity index (χ4n) is 2.48. The molecular weight excluding hydrogens is 210 g/mol. The lowest BCUT2D eigenvalue weighted by molar-refractivity contribution is 0.285. The van der Waals surface area contributed by atoms with Gasteiger partial charge in [-0.2, -0.15) is 0 Å². The van der Waals surface area contributed by atoms with Crippen LogP contribution in [-0.2, 0) is 12.8 Å². The summed E-state index contributed by atoms with van der Waals surface area (Å²) in [5, 5.41) is 3.61. The summed E-state index contributed by atoms with van der Waals surface area (Å²) >= 11 is 0. The molecule has 0 amide bonds. The number of hydrogen-bond acceptors (Lipinski definition) is 3. The van der Waals surface area contributed by atoms with Crippen LogP contribution in [0.5, 0.6) is 0 Å². The largest absolute Gasteiger partial charge is 0.314 e. The average Bonchev–Trinajstić information content (AvgIpc) is 2.38. The second kappa shape index (κ2) is 6.10. The third kappa shape index (κ3) is 3.50. The molecule has 0 spiro atoms. The lowest BCUT2D eigenvalue weighted by atomic mass is 9.90. The molecule has 0 bridgehead atoms. The molecule has 1 N–H and O–H groups in total. The molecule has 2 atom stereocenters. The van der Waals surface area contributed by atoms with Crippen LogP contribution >= 0.6 is 0 Å². The third-order valence-corrected chi connectivity index (χ3v) is 3.78. The molecule has 1 aliphatic heterocycles. The highest BCUT2D eigenvalue weighted by molar-refractivity contribution is 5.04. The van der Waals surface area contributed by atoms with E-state index in [4.69, 9.17) is 0 Å². The van der Waals surface area contributed by atoms with Crippen molar-refractivity contribution < 1.29 is 0 Å². The highest BCUT2D eigenvalue weighted by Crippen LogP contribution is 2.18. The van der Waals surface area contributed by atoms with E-state index in [9.17, 15) is 0 Å². The van der Waals surface area contributed by atoms with E-state index in [1.807, 2.05) is 12.4 Å². The first-order valence-electron chi connectivity index (χ1n) is 6.82. The van der Waals surface area contributed by atoms with Gasteiger partial charge >= 0.3 is 0 Å². The molecule has 2 rings (SSSR count). The highest BCUT2D eigenvalue weighted by atomic mass is 14.9. The number of hydrogen-bond donors (Lipinski definition) is 1. The Hall–Kier alpha value is -0.960. The van der Waals surface area contributed by atoms with Crippen molar-refractivity contribution >= 4 is 0 Å². The van der Waals surface area contributed by atoms with Crippen LogP contribution in [0, 0.1) is 5.92 Å². The maximum Gasteiger partial charge on any atom is 0.128 e. The van der Waals surface area contributed by atoms with Crippen molar-refractivity contribution in [1.29, 1.82) is 0 Å². The van der Waals surface area contributed by atoms with Crippen molar-refractivity contribution in [3.63, 3.8) is 0 Å². The predicted molar refractivity (Wildman–Crippen MR) is 69.9 cm³/mol. The first kappa shape index (κ1) is 12.5. The van der Waals surface area contributed by atoms with E-state index in [0.717, 1.165) is 31.0 Å². The molecule has 17 heavy (non-hydrogen) atoms. The van der Waals surface area contributed by atoms with Gasteiger partial charge in [0.2, 0.25) is 0 Å². The Labute approximate surface area is 104 Å². The van der Waals surface area contributed by atoms with Gasteiger partial charge in [-0.05, 0) is 43.7 Å². The standard InChI is InChI=1S/C14H23N3/c1-3-12-9-16-14(17-10-12)7-6-13-11(2)5-4-8-15-13/h9-11,13,15H,3-8H2,1-2H3/t11-,13-/m1/s1. The maximum absolute atomic E-state index is 4.42. The molecular formula is C14H23N3. The lowest BCUT2D eigenvalue weighted by Crippen LogP contribution is -2.40. The van der Waals surface area contributed by atoms with Gasteiger partial charge in [-0.15, -0.1) is 0 Å². The first-order valence-corrected chi connectivity index (χ1v) is 6.82. The molecule has 94 valence electrons. The van der Waals surface area contributed by atoms with Crippen LogP contribution in [0.3, 0.4) is 0 Å². The van der Waals surface area contributed by atoms with E-state index in [-0.39, 0.29) is 0 Å². The fraction of sp³-hybridized carbons (Fsp3) is 0.714. The molecule has 1 fully saturated rings. The Morgan fingerprint density at radius 3 is 2.76 bits per heavy atom. The molecule has 0 unspecified atom stereocenters. The Bertz CT molecular complexity index is 334. The van der Waals surface area contributed by atoms with Gasteiger partial charge in [0.25, 0.3) is 0 Å². The summed E-state index contributed by atoms with van der Waals surface area (Å²) in [6.07, 6.45) is 9.76. The maximum atomic E-state index is 4.42. The van der Waals surface area contributed by atoms with Crippen molar-refractivity contribution in [2.24, 2.45) is 5.92 Å². The summed E-state index contributed by atoms with van der Waals surface area (Å²) in [4.78, 5) is 8.84. The van der Waals surface area contributed by atoms with Crippen molar-refractivity contribution in [1.82, 2.24) is 15.3 Å². The number of aryl methyl sites for hydroxylation is 2. The molecule has 1 aromatic heterocycles. The molecule has 0 aliphatic carbocycles. The van der Waals surface area contributed by atoms with Gasteiger partial charge < -0.3 is 5.32 Å². The third-order valence-electron chi connectivity index (χ3n) is 3.78. The van der Waals surface area contributed by atoms with E-state index < -0.39 is 0 Å². The Morgan fingerprint density at radius 1 is 1.35 bits per heavy atom.